The Hall–Kier alpha value is -2.19. The first kappa shape index (κ1) is 16.7. The van der Waals surface area contributed by atoms with Crippen LogP contribution in [-0.2, 0) is 17.1 Å². The summed E-state index contributed by atoms with van der Waals surface area (Å²) in [6, 6.07) is 5.17. The van der Waals surface area contributed by atoms with Crippen molar-refractivity contribution in [1.82, 2.24) is 14.5 Å². The third-order valence-electron chi connectivity index (χ3n) is 3.77. The van der Waals surface area contributed by atoms with Gasteiger partial charge in [-0.15, -0.1) is 11.3 Å². The van der Waals surface area contributed by atoms with Gasteiger partial charge >= 0.3 is 0 Å². The van der Waals surface area contributed by atoms with Crippen molar-refractivity contribution in [3.63, 3.8) is 0 Å². The summed E-state index contributed by atoms with van der Waals surface area (Å²) in [4.78, 5) is 8.74. The number of sulfonamides is 1. The minimum Gasteiger partial charge on any atom is -0.345 e. The number of rotatable bonds is 4. The zero-order chi connectivity index (χ0) is 17.5. The van der Waals surface area contributed by atoms with Crippen LogP contribution in [0.1, 0.15) is 17.0 Å². The van der Waals surface area contributed by atoms with Gasteiger partial charge in [0.15, 0.2) is 0 Å². The average Bonchev–Trinajstić information content (AvgIpc) is 3.04. The zero-order valence-corrected chi connectivity index (χ0v) is 15.5. The summed E-state index contributed by atoms with van der Waals surface area (Å²) < 4.78 is 29.9. The lowest BCUT2D eigenvalue weighted by atomic mass is 10.3. The number of anilines is 1. The van der Waals surface area contributed by atoms with Gasteiger partial charge in [0.05, 0.1) is 5.69 Å². The molecule has 3 rings (SSSR count). The number of pyridine rings is 1. The number of thiazole rings is 1. The van der Waals surface area contributed by atoms with E-state index in [0.29, 0.717) is 11.5 Å². The van der Waals surface area contributed by atoms with E-state index < -0.39 is 10.0 Å². The van der Waals surface area contributed by atoms with E-state index in [1.807, 2.05) is 36.9 Å². The van der Waals surface area contributed by atoms with Crippen molar-refractivity contribution >= 4 is 27.2 Å². The van der Waals surface area contributed by atoms with E-state index in [1.165, 1.54) is 11.3 Å². The zero-order valence-electron chi connectivity index (χ0n) is 13.9. The molecule has 0 amide bonds. The number of aryl methyl sites for hydroxylation is 2. The quantitative estimate of drug-likeness (QED) is 0.773. The molecule has 0 saturated carbocycles. The molecule has 0 spiro atoms. The standard InChI is InChI=1S/C16H18N4O2S2/c1-10-5-6-17-15(7-10)19-24(21,22)14-8-13(20(4)12(14)3)16-18-11(2)9-23-16/h5-9H,1-4H3,(H,17,19). The fourth-order valence-electron chi connectivity index (χ4n) is 2.40. The Morgan fingerprint density at radius 3 is 2.58 bits per heavy atom. The molecule has 0 aliphatic rings. The minimum atomic E-state index is -3.72. The molecule has 0 saturated heterocycles. The van der Waals surface area contributed by atoms with Crippen molar-refractivity contribution in [3.8, 4) is 10.7 Å². The maximum atomic E-state index is 12.8. The highest BCUT2D eigenvalue weighted by Crippen LogP contribution is 2.30. The lowest BCUT2D eigenvalue weighted by Crippen LogP contribution is -2.14. The van der Waals surface area contributed by atoms with Crippen LogP contribution in [0.5, 0.6) is 0 Å². The molecule has 0 unspecified atom stereocenters. The van der Waals surface area contributed by atoms with Crippen molar-refractivity contribution in [3.05, 3.63) is 46.7 Å². The Morgan fingerprint density at radius 2 is 1.96 bits per heavy atom. The molecule has 0 aliphatic heterocycles. The molecule has 126 valence electrons. The second-order valence-electron chi connectivity index (χ2n) is 5.66. The molecular weight excluding hydrogens is 344 g/mol. The largest absolute Gasteiger partial charge is 0.345 e. The monoisotopic (exact) mass is 362 g/mol. The third-order valence-corrected chi connectivity index (χ3v) is 6.22. The summed E-state index contributed by atoms with van der Waals surface area (Å²) in [5.41, 5.74) is 3.29. The number of nitrogens with one attached hydrogen (secondary N) is 1. The molecule has 0 aliphatic carbocycles. The molecule has 6 nitrogen and oxygen atoms in total. The minimum absolute atomic E-state index is 0.233. The van der Waals surface area contributed by atoms with E-state index in [0.717, 1.165) is 22.0 Å². The molecule has 0 aromatic carbocycles. The van der Waals surface area contributed by atoms with Gasteiger partial charge in [-0.1, -0.05) is 0 Å². The van der Waals surface area contributed by atoms with Gasteiger partial charge in [-0.2, -0.15) is 0 Å². The summed E-state index contributed by atoms with van der Waals surface area (Å²) >= 11 is 1.50. The van der Waals surface area contributed by atoms with Gasteiger partial charge in [-0.05, 0) is 44.5 Å². The van der Waals surface area contributed by atoms with Crippen molar-refractivity contribution in [2.24, 2.45) is 7.05 Å². The predicted octanol–water partition coefficient (Wildman–Crippen LogP) is 3.27. The number of nitrogens with zero attached hydrogens (tertiary/aromatic N) is 3. The van der Waals surface area contributed by atoms with E-state index in [1.54, 1.807) is 25.3 Å². The summed E-state index contributed by atoms with van der Waals surface area (Å²) in [7, 11) is -1.88. The predicted molar refractivity (Wildman–Crippen MR) is 95.8 cm³/mol. The molecule has 3 heterocycles. The maximum absolute atomic E-state index is 12.8. The fraction of sp³-hybridized carbons (Fsp3) is 0.250. The first-order chi connectivity index (χ1) is 11.3. The van der Waals surface area contributed by atoms with Crippen molar-refractivity contribution in [1.29, 1.82) is 0 Å². The van der Waals surface area contributed by atoms with E-state index in [9.17, 15) is 8.42 Å². The van der Waals surface area contributed by atoms with E-state index in [4.69, 9.17) is 0 Å². The smallest absolute Gasteiger partial charge is 0.264 e. The number of aromatic nitrogens is 3. The summed E-state index contributed by atoms with van der Waals surface area (Å²) in [6.45, 7) is 5.58. The van der Waals surface area contributed by atoms with Gasteiger partial charge in [-0.3, -0.25) is 4.72 Å². The van der Waals surface area contributed by atoms with Gasteiger partial charge in [0.2, 0.25) is 0 Å². The molecule has 3 aromatic heterocycles. The lowest BCUT2D eigenvalue weighted by Gasteiger charge is -2.08. The highest BCUT2D eigenvalue weighted by Gasteiger charge is 2.23. The summed E-state index contributed by atoms with van der Waals surface area (Å²) in [6.07, 6.45) is 1.58. The van der Waals surface area contributed by atoms with Crippen molar-refractivity contribution in [2.45, 2.75) is 25.7 Å². The molecule has 8 heteroatoms. The summed E-state index contributed by atoms with van der Waals surface area (Å²) in [5, 5.41) is 2.74. The molecule has 0 radical (unpaired) electrons. The molecule has 0 fully saturated rings. The van der Waals surface area contributed by atoms with Crippen molar-refractivity contribution < 1.29 is 8.42 Å². The van der Waals surface area contributed by atoms with Crippen LogP contribution in [0.25, 0.3) is 10.7 Å². The van der Waals surface area contributed by atoms with Gasteiger partial charge in [-0.25, -0.2) is 18.4 Å². The highest BCUT2D eigenvalue weighted by molar-refractivity contribution is 7.92. The Kier molecular flexibility index (Phi) is 4.18. The van der Waals surface area contributed by atoms with Crippen LogP contribution in [0, 0.1) is 20.8 Å². The Morgan fingerprint density at radius 1 is 1.21 bits per heavy atom. The first-order valence-electron chi connectivity index (χ1n) is 7.32. The van der Waals surface area contributed by atoms with Crippen LogP contribution in [0.3, 0.4) is 0 Å². The molecule has 0 bridgehead atoms. The molecule has 1 N–H and O–H groups in total. The Bertz CT molecular complexity index is 1000. The molecule has 3 aromatic rings. The number of hydrogen-bond donors (Lipinski definition) is 1. The topological polar surface area (TPSA) is 76.9 Å². The van der Waals surface area contributed by atoms with Crippen LogP contribution in [-0.4, -0.2) is 23.0 Å². The first-order valence-corrected chi connectivity index (χ1v) is 9.68. The van der Waals surface area contributed by atoms with Crippen LogP contribution >= 0.6 is 11.3 Å². The van der Waals surface area contributed by atoms with Crippen LogP contribution < -0.4 is 4.72 Å². The Labute approximate surface area is 145 Å². The average molecular weight is 362 g/mol. The van der Waals surface area contributed by atoms with Gasteiger partial charge in [0, 0.05) is 30.0 Å². The van der Waals surface area contributed by atoms with E-state index in [2.05, 4.69) is 14.7 Å². The van der Waals surface area contributed by atoms with Gasteiger partial charge in [0.1, 0.15) is 15.7 Å². The maximum Gasteiger partial charge on any atom is 0.264 e. The molecule has 24 heavy (non-hydrogen) atoms. The number of hydrogen-bond acceptors (Lipinski definition) is 5. The van der Waals surface area contributed by atoms with Gasteiger partial charge < -0.3 is 4.57 Å². The van der Waals surface area contributed by atoms with Crippen molar-refractivity contribution in [2.75, 3.05) is 4.72 Å². The molecule has 0 atom stereocenters. The normalized spacial score (nSPS) is 11.7. The second kappa shape index (κ2) is 6.03. The fourth-order valence-corrected chi connectivity index (χ4v) is 4.54. The van der Waals surface area contributed by atoms with Gasteiger partial charge in [0.25, 0.3) is 10.0 Å². The van der Waals surface area contributed by atoms with Crippen LogP contribution in [0.2, 0.25) is 0 Å². The van der Waals surface area contributed by atoms with Crippen LogP contribution in [0.4, 0.5) is 5.82 Å². The molecular formula is C16H18N4O2S2. The second-order valence-corrected chi connectivity index (χ2v) is 8.17. The van der Waals surface area contributed by atoms with E-state index >= 15 is 0 Å². The third kappa shape index (κ3) is 3.07. The van der Waals surface area contributed by atoms with E-state index in [-0.39, 0.29) is 4.90 Å². The highest BCUT2D eigenvalue weighted by atomic mass is 32.2. The summed E-state index contributed by atoms with van der Waals surface area (Å²) in [5.74, 6) is 0.310. The SMILES string of the molecule is Cc1ccnc(NS(=O)(=O)c2cc(-c3nc(C)cs3)n(C)c2C)c1. The lowest BCUT2D eigenvalue weighted by molar-refractivity contribution is 0.600. The Balaban J connectivity index is 2.02. The van der Waals surface area contributed by atoms with Crippen LogP contribution in [0.15, 0.2) is 34.7 Å².